The zero-order chi connectivity index (χ0) is 11.3. The van der Waals surface area contributed by atoms with Gasteiger partial charge < -0.3 is 10.0 Å². The highest BCUT2D eigenvalue weighted by atomic mass is 16.3. The maximum Gasteiger partial charge on any atom is 0.0718 e. The summed E-state index contributed by atoms with van der Waals surface area (Å²) in [6, 6.07) is 0. The van der Waals surface area contributed by atoms with Crippen LogP contribution in [-0.2, 0) is 0 Å². The van der Waals surface area contributed by atoms with Crippen molar-refractivity contribution in [3.8, 4) is 0 Å². The van der Waals surface area contributed by atoms with E-state index in [2.05, 4.69) is 11.8 Å². The minimum Gasteiger partial charge on any atom is -0.389 e. The van der Waals surface area contributed by atoms with Gasteiger partial charge in [-0.25, -0.2) is 0 Å². The zero-order valence-corrected chi connectivity index (χ0v) is 10.6. The van der Waals surface area contributed by atoms with E-state index in [-0.39, 0.29) is 0 Å². The SMILES string of the molecule is CCCC1CCCN(CC(C)(C)O)CC1. The van der Waals surface area contributed by atoms with E-state index < -0.39 is 5.60 Å². The largest absolute Gasteiger partial charge is 0.389 e. The van der Waals surface area contributed by atoms with Crippen LogP contribution in [-0.4, -0.2) is 35.2 Å². The van der Waals surface area contributed by atoms with Gasteiger partial charge in [-0.1, -0.05) is 19.8 Å². The van der Waals surface area contributed by atoms with E-state index in [0.717, 1.165) is 12.5 Å². The van der Waals surface area contributed by atoms with E-state index >= 15 is 0 Å². The third-order valence-electron chi connectivity index (χ3n) is 3.25. The fraction of sp³-hybridized carbons (Fsp3) is 1.00. The van der Waals surface area contributed by atoms with E-state index in [4.69, 9.17) is 0 Å². The summed E-state index contributed by atoms with van der Waals surface area (Å²) < 4.78 is 0. The van der Waals surface area contributed by atoms with Crippen LogP contribution in [0, 0.1) is 5.92 Å². The second-order valence-electron chi connectivity index (χ2n) is 5.67. The molecule has 0 saturated carbocycles. The molecular formula is C13H27NO. The number of nitrogens with zero attached hydrogens (tertiary/aromatic N) is 1. The molecule has 1 aliphatic rings. The number of likely N-dealkylation sites (tertiary alicyclic amines) is 1. The summed E-state index contributed by atoms with van der Waals surface area (Å²) in [6.07, 6.45) is 6.72. The smallest absolute Gasteiger partial charge is 0.0718 e. The van der Waals surface area contributed by atoms with Gasteiger partial charge in [0.25, 0.3) is 0 Å². The summed E-state index contributed by atoms with van der Waals surface area (Å²) in [5.74, 6) is 0.932. The molecule has 0 bridgehead atoms. The van der Waals surface area contributed by atoms with E-state index in [9.17, 15) is 5.11 Å². The molecule has 2 nitrogen and oxygen atoms in total. The molecule has 0 amide bonds. The van der Waals surface area contributed by atoms with Gasteiger partial charge in [-0.15, -0.1) is 0 Å². The maximum absolute atomic E-state index is 9.79. The van der Waals surface area contributed by atoms with Crippen molar-refractivity contribution >= 4 is 0 Å². The molecule has 1 saturated heterocycles. The molecule has 0 radical (unpaired) electrons. The molecule has 1 N–H and O–H groups in total. The van der Waals surface area contributed by atoms with Crippen molar-refractivity contribution in [1.82, 2.24) is 4.90 Å². The quantitative estimate of drug-likeness (QED) is 0.776. The second-order valence-corrected chi connectivity index (χ2v) is 5.67. The predicted molar refractivity (Wildman–Crippen MR) is 65.0 cm³/mol. The average molecular weight is 213 g/mol. The lowest BCUT2D eigenvalue weighted by Crippen LogP contribution is -2.39. The molecule has 0 spiro atoms. The van der Waals surface area contributed by atoms with Crippen molar-refractivity contribution in [2.24, 2.45) is 5.92 Å². The first-order valence-electron chi connectivity index (χ1n) is 6.46. The van der Waals surface area contributed by atoms with Crippen molar-refractivity contribution in [2.45, 2.75) is 58.5 Å². The Morgan fingerprint density at radius 3 is 2.60 bits per heavy atom. The Balaban J connectivity index is 2.32. The van der Waals surface area contributed by atoms with Crippen LogP contribution >= 0.6 is 0 Å². The van der Waals surface area contributed by atoms with Crippen LogP contribution in [0.25, 0.3) is 0 Å². The molecule has 15 heavy (non-hydrogen) atoms. The van der Waals surface area contributed by atoms with Gasteiger partial charge in [0.2, 0.25) is 0 Å². The molecule has 90 valence electrons. The molecule has 1 fully saturated rings. The van der Waals surface area contributed by atoms with E-state index in [1.807, 2.05) is 13.8 Å². The molecular weight excluding hydrogens is 186 g/mol. The van der Waals surface area contributed by atoms with Gasteiger partial charge in [-0.05, 0) is 52.1 Å². The van der Waals surface area contributed by atoms with Crippen LogP contribution in [0.3, 0.4) is 0 Å². The number of aliphatic hydroxyl groups is 1. The Kier molecular flexibility index (Phi) is 5.07. The Morgan fingerprint density at radius 2 is 2.00 bits per heavy atom. The van der Waals surface area contributed by atoms with Crippen molar-refractivity contribution in [3.63, 3.8) is 0 Å². The molecule has 1 rings (SSSR count). The van der Waals surface area contributed by atoms with Crippen LogP contribution in [0.1, 0.15) is 52.9 Å². The van der Waals surface area contributed by atoms with Gasteiger partial charge in [-0.2, -0.15) is 0 Å². The van der Waals surface area contributed by atoms with E-state index in [1.165, 1.54) is 45.2 Å². The maximum atomic E-state index is 9.79. The standard InChI is InChI=1S/C13H27NO/c1-4-6-12-7-5-9-14(10-8-12)11-13(2,3)15/h12,15H,4-11H2,1-3H3. The normalized spacial score (nSPS) is 25.2. The van der Waals surface area contributed by atoms with E-state index in [1.54, 1.807) is 0 Å². The lowest BCUT2D eigenvalue weighted by atomic mass is 9.96. The first-order chi connectivity index (χ1) is 7.01. The van der Waals surface area contributed by atoms with Crippen LogP contribution in [0.5, 0.6) is 0 Å². The number of β-amino-alcohol motifs (C(OH)–C–C–N with tert-alkyl or cyclic N) is 1. The van der Waals surface area contributed by atoms with Crippen LogP contribution in [0.4, 0.5) is 0 Å². The topological polar surface area (TPSA) is 23.5 Å². The summed E-state index contributed by atoms with van der Waals surface area (Å²) >= 11 is 0. The van der Waals surface area contributed by atoms with Crippen molar-refractivity contribution in [2.75, 3.05) is 19.6 Å². The first kappa shape index (κ1) is 13.0. The van der Waals surface area contributed by atoms with Gasteiger partial charge in [0, 0.05) is 6.54 Å². The molecule has 0 aromatic rings. The minimum atomic E-state index is -0.537. The Hall–Kier alpha value is -0.0800. The lowest BCUT2D eigenvalue weighted by Gasteiger charge is -2.27. The molecule has 1 aliphatic heterocycles. The molecule has 0 aromatic carbocycles. The van der Waals surface area contributed by atoms with Crippen LogP contribution in [0.15, 0.2) is 0 Å². The van der Waals surface area contributed by atoms with Crippen LogP contribution < -0.4 is 0 Å². The summed E-state index contributed by atoms with van der Waals surface area (Å²) in [4.78, 5) is 2.43. The summed E-state index contributed by atoms with van der Waals surface area (Å²) in [6.45, 7) is 9.26. The van der Waals surface area contributed by atoms with Crippen molar-refractivity contribution < 1.29 is 5.11 Å². The van der Waals surface area contributed by atoms with Gasteiger partial charge >= 0.3 is 0 Å². The number of rotatable bonds is 4. The second kappa shape index (κ2) is 5.86. The monoisotopic (exact) mass is 213 g/mol. The van der Waals surface area contributed by atoms with Gasteiger partial charge in [0.05, 0.1) is 5.60 Å². The Labute approximate surface area is 94.7 Å². The van der Waals surface area contributed by atoms with Gasteiger partial charge in [0.1, 0.15) is 0 Å². The highest BCUT2D eigenvalue weighted by Crippen LogP contribution is 2.22. The summed E-state index contributed by atoms with van der Waals surface area (Å²) in [5, 5.41) is 9.79. The highest BCUT2D eigenvalue weighted by Gasteiger charge is 2.21. The third kappa shape index (κ3) is 5.53. The third-order valence-corrected chi connectivity index (χ3v) is 3.25. The lowest BCUT2D eigenvalue weighted by molar-refractivity contribution is 0.0370. The Morgan fingerprint density at radius 1 is 1.27 bits per heavy atom. The zero-order valence-electron chi connectivity index (χ0n) is 10.6. The van der Waals surface area contributed by atoms with Gasteiger partial charge in [0.15, 0.2) is 0 Å². The molecule has 0 aliphatic carbocycles. The fourth-order valence-corrected chi connectivity index (χ4v) is 2.63. The number of hydrogen-bond donors (Lipinski definition) is 1. The van der Waals surface area contributed by atoms with E-state index in [0.29, 0.717) is 0 Å². The first-order valence-corrected chi connectivity index (χ1v) is 6.46. The molecule has 2 heteroatoms. The van der Waals surface area contributed by atoms with Crippen molar-refractivity contribution in [1.29, 1.82) is 0 Å². The molecule has 1 heterocycles. The van der Waals surface area contributed by atoms with Gasteiger partial charge in [-0.3, -0.25) is 0 Å². The summed E-state index contributed by atoms with van der Waals surface area (Å²) in [5.41, 5.74) is -0.537. The molecule has 0 aromatic heterocycles. The molecule has 1 atom stereocenters. The Bertz CT molecular complexity index is 174. The fourth-order valence-electron chi connectivity index (χ4n) is 2.63. The predicted octanol–water partition coefficient (Wildman–Crippen LogP) is 2.66. The summed E-state index contributed by atoms with van der Waals surface area (Å²) in [7, 11) is 0. The van der Waals surface area contributed by atoms with Crippen LogP contribution in [0.2, 0.25) is 0 Å². The highest BCUT2D eigenvalue weighted by molar-refractivity contribution is 4.76. The number of hydrogen-bond acceptors (Lipinski definition) is 2. The average Bonchev–Trinajstić information content (AvgIpc) is 2.29. The molecule has 1 unspecified atom stereocenters. The minimum absolute atomic E-state index is 0.537. The van der Waals surface area contributed by atoms with Crippen molar-refractivity contribution in [3.05, 3.63) is 0 Å².